The Hall–Kier alpha value is -0.380. The predicted molar refractivity (Wildman–Crippen MR) is 125 cm³/mol. The highest BCUT2D eigenvalue weighted by Crippen LogP contribution is 2.18. The van der Waals surface area contributed by atoms with Crippen LogP contribution in [-0.4, -0.2) is 75.2 Å². The van der Waals surface area contributed by atoms with Gasteiger partial charge in [-0.15, -0.1) is 24.0 Å². The van der Waals surface area contributed by atoms with Crippen LogP contribution in [0.1, 0.15) is 38.2 Å². The molecule has 0 spiro atoms. The van der Waals surface area contributed by atoms with Gasteiger partial charge in [0.05, 0.1) is 0 Å². The lowest BCUT2D eigenvalue weighted by molar-refractivity contribution is 0.152. The minimum Gasteiger partial charge on any atom is -0.357 e. The molecule has 1 saturated heterocycles. The first-order valence-electron chi connectivity index (χ1n) is 9.64. The molecule has 0 aromatic carbocycles. The number of nitrogens with zero attached hydrogens (tertiary/aromatic N) is 3. The number of hydrogen-bond acceptors (Lipinski definition) is 4. The Morgan fingerprint density at radius 2 is 2.00 bits per heavy atom. The van der Waals surface area contributed by atoms with Gasteiger partial charge in [-0.25, -0.2) is 0 Å². The van der Waals surface area contributed by atoms with Gasteiger partial charge >= 0.3 is 0 Å². The van der Waals surface area contributed by atoms with Crippen LogP contribution in [0.5, 0.6) is 0 Å². The number of likely N-dealkylation sites (N-methyl/N-ethyl adjacent to an activating group) is 1. The molecule has 150 valence electrons. The van der Waals surface area contributed by atoms with E-state index in [1.807, 2.05) is 0 Å². The second-order valence-electron chi connectivity index (χ2n) is 6.96. The van der Waals surface area contributed by atoms with Crippen LogP contribution < -0.4 is 10.6 Å². The van der Waals surface area contributed by atoms with E-state index < -0.39 is 0 Å². The highest BCUT2D eigenvalue weighted by atomic mass is 127. The molecule has 0 amide bonds. The van der Waals surface area contributed by atoms with Crippen LogP contribution in [0.2, 0.25) is 0 Å². The van der Waals surface area contributed by atoms with E-state index in [9.17, 15) is 0 Å². The van der Waals surface area contributed by atoms with Crippen LogP contribution in [0.15, 0.2) is 21.8 Å². The average molecular weight is 494 g/mol. The van der Waals surface area contributed by atoms with Gasteiger partial charge in [0.1, 0.15) is 0 Å². The summed E-state index contributed by atoms with van der Waals surface area (Å²) < 4.78 is 0. The molecule has 0 radical (unpaired) electrons. The van der Waals surface area contributed by atoms with Crippen molar-refractivity contribution < 1.29 is 0 Å². The van der Waals surface area contributed by atoms with Gasteiger partial charge in [-0.2, -0.15) is 11.3 Å². The van der Waals surface area contributed by atoms with Crippen LogP contribution in [0.4, 0.5) is 0 Å². The van der Waals surface area contributed by atoms with Crippen molar-refractivity contribution in [1.82, 2.24) is 20.4 Å². The lowest BCUT2D eigenvalue weighted by Crippen LogP contribution is -2.44. The van der Waals surface area contributed by atoms with Gasteiger partial charge in [0.25, 0.3) is 0 Å². The zero-order valence-electron chi connectivity index (χ0n) is 16.5. The Balaban J connectivity index is 0.00000338. The second-order valence-corrected chi connectivity index (χ2v) is 7.74. The molecule has 0 saturated carbocycles. The number of aliphatic imine (C=N–C) groups is 1. The number of rotatable bonds is 9. The smallest absolute Gasteiger partial charge is 0.191 e. The van der Waals surface area contributed by atoms with Crippen LogP contribution in [0.25, 0.3) is 0 Å². The number of halogens is 1. The van der Waals surface area contributed by atoms with Crippen molar-refractivity contribution >= 4 is 41.3 Å². The van der Waals surface area contributed by atoms with E-state index >= 15 is 0 Å². The summed E-state index contributed by atoms with van der Waals surface area (Å²) in [4.78, 5) is 9.74. The van der Waals surface area contributed by atoms with E-state index in [1.165, 1.54) is 51.1 Å². The second kappa shape index (κ2) is 13.7. The number of guanidine groups is 1. The molecule has 1 aliphatic heterocycles. The van der Waals surface area contributed by atoms with Gasteiger partial charge in [-0.3, -0.25) is 4.99 Å². The Morgan fingerprint density at radius 3 is 2.65 bits per heavy atom. The third-order valence-electron chi connectivity index (χ3n) is 4.77. The van der Waals surface area contributed by atoms with E-state index in [1.54, 1.807) is 11.3 Å². The normalized spacial score (nSPS) is 17.6. The molecule has 1 atom stereocenters. The van der Waals surface area contributed by atoms with E-state index in [2.05, 4.69) is 58.2 Å². The van der Waals surface area contributed by atoms with Crippen molar-refractivity contribution in [3.05, 3.63) is 22.4 Å². The van der Waals surface area contributed by atoms with Crippen LogP contribution in [0, 0.1) is 0 Å². The monoisotopic (exact) mass is 493 g/mol. The predicted octanol–water partition coefficient (Wildman–Crippen LogP) is 3.05. The molecule has 7 heteroatoms. The summed E-state index contributed by atoms with van der Waals surface area (Å²) >= 11 is 1.76. The lowest BCUT2D eigenvalue weighted by Gasteiger charge is -2.32. The maximum atomic E-state index is 4.75. The summed E-state index contributed by atoms with van der Waals surface area (Å²) in [5, 5.41) is 11.2. The minimum absolute atomic E-state index is 0. The molecule has 0 bridgehead atoms. The molecular weight excluding hydrogens is 457 g/mol. The number of piperazine rings is 1. The van der Waals surface area contributed by atoms with Crippen LogP contribution >= 0.6 is 35.3 Å². The number of unbranched alkanes of at least 4 members (excludes halogenated alkanes) is 1. The van der Waals surface area contributed by atoms with Crippen molar-refractivity contribution in [2.75, 3.05) is 59.4 Å². The molecular formula is C19H36IN5S. The summed E-state index contributed by atoms with van der Waals surface area (Å²) in [7, 11) is 2.21. The fourth-order valence-electron chi connectivity index (χ4n) is 2.97. The number of hydrogen-bond donors (Lipinski definition) is 2. The van der Waals surface area contributed by atoms with Gasteiger partial charge in [-0.1, -0.05) is 6.92 Å². The van der Waals surface area contributed by atoms with E-state index in [0.29, 0.717) is 5.92 Å². The first kappa shape index (κ1) is 23.7. The molecule has 1 aromatic rings. The van der Waals surface area contributed by atoms with Gasteiger partial charge in [-0.05, 0) is 55.7 Å². The molecule has 2 heterocycles. The number of thiophene rings is 1. The summed E-state index contributed by atoms with van der Waals surface area (Å²) in [6.45, 7) is 13.1. The zero-order chi connectivity index (χ0) is 17.9. The average Bonchev–Trinajstić information content (AvgIpc) is 3.15. The van der Waals surface area contributed by atoms with Gasteiger partial charge in [0, 0.05) is 51.7 Å². The molecule has 1 unspecified atom stereocenters. The molecule has 2 N–H and O–H groups in total. The zero-order valence-corrected chi connectivity index (χ0v) is 19.7. The summed E-state index contributed by atoms with van der Waals surface area (Å²) in [5.41, 5.74) is 1.39. The maximum Gasteiger partial charge on any atom is 0.191 e. The largest absolute Gasteiger partial charge is 0.357 e. The van der Waals surface area contributed by atoms with Crippen molar-refractivity contribution in [2.24, 2.45) is 4.99 Å². The summed E-state index contributed by atoms with van der Waals surface area (Å²) in [6, 6.07) is 2.20. The number of nitrogens with one attached hydrogen (secondary N) is 2. The van der Waals surface area contributed by atoms with E-state index in [4.69, 9.17) is 4.99 Å². The van der Waals surface area contributed by atoms with Crippen molar-refractivity contribution in [3.63, 3.8) is 0 Å². The molecule has 26 heavy (non-hydrogen) atoms. The first-order valence-corrected chi connectivity index (χ1v) is 10.6. The Labute approximate surface area is 180 Å². The molecule has 5 nitrogen and oxygen atoms in total. The van der Waals surface area contributed by atoms with Crippen LogP contribution in [0.3, 0.4) is 0 Å². The quantitative estimate of drug-likeness (QED) is 0.240. The van der Waals surface area contributed by atoms with Gasteiger partial charge in [0.2, 0.25) is 0 Å². The minimum atomic E-state index is 0. The van der Waals surface area contributed by atoms with Gasteiger partial charge in [0.15, 0.2) is 5.96 Å². The lowest BCUT2D eigenvalue weighted by atomic mass is 10.1. The van der Waals surface area contributed by atoms with Gasteiger partial charge < -0.3 is 20.4 Å². The first-order chi connectivity index (χ1) is 12.2. The summed E-state index contributed by atoms with van der Waals surface area (Å²) in [5.74, 6) is 1.42. The van der Waals surface area contributed by atoms with Crippen LogP contribution in [-0.2, 0) is 0 Å². The Morgan fingerprint density at radius 1 is 1.23 bits per heavy atom. The fourth-order valence-corrected chi connectivity index (χ4v) is 3.75. The van der Waals surface area contributed by atoms with Crippen molar-refractivity contribution in [2.45, 2.75) is 32.6 Å². The molecule has 1 fully saturated rings. The molecule has 1 aromatic heterocycles. The maximum absolute atomic E-state index is 4.75. The third-order valence-corrected chi connectivity index (χ3v) is 5.47. The Kier molecular flexibility index (Phi) is 12.5. The topological polar surface area (TPSA) is 42.9 Å². The standard InChI is InChI=1S/C19H35N5S.HI/c1-4-20-19(22-15-17(2)18-7-14-25-16-18)21-8-5-6-9-24-12-10-23(3)11-13-24;/h7,14,16-17H,4-6,8-13,15H2,1-3H3,(H2,20,21,22);1H. The Bertz CT molecular complexity index is 486. The SMILES string of the molecule is CCNC(=NCC(C)c1ccsc1)NCCCCN1CCN(C)CC1.I. The molecule has 1 aliphatic rings. The van der Waals surface area contributed by atoms with Crippen molar-refractivity contribution in [1.29, 1.82) is 0 Å². The highest BCUT2D eigenvalue weighted by molar-refractivity contribution is 14.0. The highest BCUT2D eigenvalue weighted by Gasteiger charge is 2.12. The molecule has 2 rings (SSSR count). The fraction of sp³-hybridized carbons (Fsp3) is 0.737. The van der Waals surface area contributed by atoms with Crippen molar-refractivity contribution in [3.8, 4) is 0 Å². The third kappa shape index (κ3) is 9.01. The van der Waals surface area contributed by atoms with E-state index in [-0.39, 0.29) is 24.0 Å². The van der Waals surface area contributed by atoms with E-state index in [0.717, 1.165) is 25.6 Å². The summed E-state index contributed by atoms with van der Waals surface area (Å²) in [6.07, 6.45) is 2.44. The molecule has 0 aliphatic carbocycles.